The number of alkyl halides is 2. The molecule has 66 valence electrons. The van der Waals surface area contributed by atoms with Gasteiger partial charge in [0.25, 0.3) is 12.0 Å². The first-order valence-corrected chi connectivity index (χ1v) is 3.78. The van der Waals surface area contributed by atoms with E-state index in [0.29, 0.717) is 0 Å². The summed E-state index contributed by atoms with van der Waals surface area (Å²) in [5.74, 6) is -0.293. The number of hydrogen-bond acceptors (Lipinski definition) is 2. The van der Waals surface area contributed by atoms with Crippen molar-refractivity contribution >= 4 is 21.7 Å². The highest BCUT2D eigenvalue weighted by Crippen LogP contribution is 2.23. The van der Waals surface area contributed by atoms with Gasteiger partial charge in [-0.25, -0.2) is 8.78 Å². The van der Waals surface area contributed by atoms with Crippen molar-refractivity contribution in [2.75, 3.05) is 5.73 Å². The van der Waals surface area contributed by atoms with Gasteiger partial charge in [-0.15, -0.1) is 0 Å². The van der Waals surface area contributed by atoms with Crippen LogP contribution in [0.5, 0.6) is 0 Å². The second-order valence-electron chi connectivity index (χ2n) is 2.12. The number of rotatable bonds is 1. The summed E-state index contributed by atoms with van der Waals surface area (Å²) in [5, 5.41) is 0. The zero-order valence-electron chi connectivity index (χ0n) is 5.77. The number of nitrogen functional groups attached to an aromatic ring is 1. The number of aromatic amines is 1. The van der Waals surface area contributed by atoms with Crippen molar-refractivity contribution in [2.45, 2.75) is 6.43 Å². The molecule has 1 aromatic heterocycles. The lowest BCUT2D eigenvalue weighted by atomic mass is 10.3. The maximum Gasteiger partial charge on any atom is 0.267 e. The van der Waals surface area contributed by atoms with Crippen LogP contribution in [0.25, 0.3) is 0 Å². The minimum Gasteiger partial charge on any atom is -0.385 e. The zero-order valence-corrected chi connectivity index (χ0v) is 7.36. The maximum atomic E-state index is 12.1. The summed E-state index contributed by atoms with van der Waals surface area (Å²) in [6.07, 6.45) is -2.68. The first kappa shape index (κ1) is 9.18. The normalized spacial score (nSPS) is 10.7. The van der Waals surface area contributed by atoms with Gasteiger partial charge in [-0.1, -0.05) is 0 Å². The Hall–Kier alpha value is -0.910. The van der Waals surface area contributed by atoms with Crippen LogP contribution in [0.4, 0.5) is 14.6 Å². The molecule has 0 aliphatic heterocycles. The van der Waals surface area contributed by atoms with Gasteiger partial charge in [-0.05, 0) is 22.0 Å². The lowest BCUT2D eigenvalue weighted by Gasteiger charge is -2.03. The molecule has 0 aliphatic carbocycles. The smallest absolute Gasteiger partial charge is 0.267 e. The molecule has 0 aromatic carbocycles. The number of H-pyrrole nitrogens is 1. The van der Waals surface area contributed by atoms with Crippen LogP contribution < -0.4 is 11.3 Å². The Bertz CT molecular complexity index is 350. The lowest BCUT2D eigenvalue weighted by molar-refractivity contribution is 0.152. The highest BCUT2D eigenvalue weighted by Gasteiger charge is 2.13. The Morgan fingerprint density at radius 3 is 2.67 bits per heavy atom. The van der Waals surface area contributed by atoms with Crippen LogP contribution >= 0.6 is 15.9 Å². The Labute approximate surface area is 74.7 Å². The van der Waals surface area contributed by atoms with Crippen LogP contribution in [-0.4, -0.2) is 4.98 Å². The molecule has 0 saturated carbocycles. The predicted octanol–water partition coefficient (Wildman–Crippen LogP) is 1.66. The third-order valence-electron chi connectivity index (χ3n) is 1.29. The lowest BCUT2D eigenvalue weighted by Crippen LogP contribution is -2.11. The van der Waals surface area contributed by atoms with E-state index in [-0.39, 0.29) is 15.9 Å². The Balaban J connectivity index is 3.33. The van der Waals surface area contributed by atoms with Gasteiger partial charge in [-0.3, -0.25) is 4.79 Å². The summed E-state index contributed by atoms with van der Waals surface area (Å²) in [4.78, 5) is 12.9. The van der Waals surface area contributed by atoms with E-state index in [2.05, 4.69) is 20.9 Å². The summed E-state index contributed by atoms with van der Waals surface area (Å²) in [6.45, 7) is 0. The molecule has 1 heterocycles. The number of nitrogens with one attached hydrogen (secondary N) is 1. The van der Waals surface area contributed by atoms with Gasteiger partial charge in [0.05, 0.1) is 10.0 Å². The maximum absolute atomic E-state index is 12.1. The monoisotopic (exact) mass is 238 g/mol. The van der Waals surface area contributed by atoms with Gasteiger partial charge in [0.2, 0.25) is 0 Å². The molecule has 3 N–H and O–H groups in total. The zero-order chi connectivity index (χ0) is 9.30. The van der Waals surface area contributed by atoms with E-state index in [0.717, 1.165) is 6.07 Å². The average molecular weight is 239 g/mol. The Kier molecular flexibility index (Phi) is 2.46. The molecule has 1 aromatic rings. The average Bonchev–Trinajstić information content (AvgIpc) is 1.96. The van der Waals surface area contributed by atoms with Gasteiger partial charge in [0, 0.05) is 0 Å². The fraction of sp³-hybridized carbons (Fsp3) is 0.167. The highest BCUT2D eigenvalue weighted by atomic mass is 79.9. The summed E-state index contributed by atoms with van der Waals surface area (Å²) in [7, 11) is 0. The molecule has 0 aliphatic rings. The van der Waals surface area contributed by atoms with Crippen LogP contribution in [-0.2, 0) is 0 Å². The number of pyridine rings is 1. The number of nitrogens with two attached hydrogens (primary N) is 1. The van der Waals surface area contributed by atoms with Gasteiger partial charge < -0.3 is 10.7 Å². The molecule has 1 rings (SSSR count). The molecule has 0 amide bonds. The first-order chi connectivity index (χ1) is 5.52. The molecular weight excluding hydrogens is 234 g/mol. The van der Waals surface area contributed by atoms with E-state index >= 15 is 0 Å². The largest absolute Gasteiger partial charge is 0.385 e. The fourth-order valence-corrected chi connectivity index (χ4v) is 1.06. The van der Waals surface area contributed by atoms with Gasteiger partial charge in [0.15, 0.2) is 0 Å². The molecule has 0 saturated heterocycles. The molecule has 12 heavy (non-hydrogen) atoms. The van der Waals surface area contributed by atoms with E-state index < -0.39 is 12.0 Å². The van der Waals surface area contributed by atoms with E-state index in [1.807, 2.05) is 0 Å². The van der Waals surface area contributed by atoms with Crippen LogP contribution in [0.3, 0.4) is 0 Å². The summed E-state index contributed by atoms with van der Waals surface area (Å²) in [6, 6.07) is 1.01. The molecule has 0 bridgehead atoms. The van der Waals surface area contributed by atoms with Crippen LogP contribution in [0, 0.1) is 0 Å². The van der Waals surface area contributed by atoms with Crippen molar-refractivity contribution in [2.24, 2.45) is 0 Å². The number of anilines is 1. The van der Waals surface area contributed by atoms with E-state index in [1.165, 1.54) is 0 Å². The minimum absolute atomic E-state index is 0.0481. The molecule has 0 spiro atoms. The van der Waals surface area contributed by atoms with Crippen molar-refractivity contribution in [3.05, 3.63) is 26.5 Å². The van der Waals surface area contributed by atoms with E-state index in [9.17, 15) is 13.6 Å². The Morgan fingerprint density at radius 1 is 1.58 bits per heavy atom. The summed E-state index contributed by atoms with van der Waals surface area (Å²) in [5.41, 5.74) is 4.24. The third-order valence-corrected chi connectivity index (χ3v) is 1.88. The summed E-state index contributed by atoms with van der Waals surface area (Å²) >= 11 is 2.82. The van der Waals surface area contributed by atoms with Crippen molar-refractivity contribution in [3.8, 4) is 0 Å². The number of hydrogen-bond donors (Lipinski definition) is 2. The highest BCUT2D eigenvalue weighted by molar-refractivity contribution is 9.10. The van der Waals surface area contributed by atoms with Crippen molar-refractivity contribution in [1.82, 2.24) is 4.98 Å². The quantitative estimate of drug-likeness (QED) is 0.782. The standard InChI is InChI=1S/C6H5BrF2N2O/c7-3-1-2(4(8)9)5(10)11-6(3)12/h1,4H,(H3,10,11,12). The minimum atomic E-state index is -2.68. The van der Waals surface area contributed by atoms with Gasteiger partial charge >= 0.3 is 0 Å². The molecule has 0 unspecified atom stereocenters. The molecule has 3 nitrogen and oxygen atoms in total. The second kappa shape index (κ2) is 3.22. The van der Waals surface area contributed by atoms with E-state index in [1.54, 1.807) is 0 Å². The fourth-order valence-electron chi connectivity index (χ4n) is 0.715. The topological polar surface area (TPSA) is 58.9 Å². The summed E-state index contributed by atoms with van der Waals surface area (Å²) < 4.78 is 24.3. The number of aromatic nitrogens is 1. The molecule has 0 atom stereocenters. The van der Waals surface area contributed by atoms with Crippen molar-refractivity contribution < 1.29 is 8.78 Å². The van der Waals surface area contributed by atoms with Crippen LogP contribution in [0.2, 0.25) is 0 Å². The van der Waals surface area contributed by atoms with Crippen LogP contribution in [0.15, 0.2) is 15.3 Å². The van der Waals surface area contributed by atoms with Gasteiger partial charge in [-0.2, -0.15) is 0 Å². The SMILES string of the molecule is Nc1[nH]c(=O)c(Br)cc1C(F)F. The van der Waals surface area contributed by atoms with Gasteiger partial charge in [0.1, 0.15) is 5.82 Å². The van der Waals surface area contributed by atoms with Crippen molar-refractivity contribution in [3.63, 3.8) is 0 Å². The Morgan fingerprint density at radius 2 is 2.17 bits per heavy atom. The molecule has 0 fully saturated rings. The van der Waals surface area contributed by atoms with Crippen LogP contribution in [0.1, 0.15) is 12.0 Å². The van der Waals surface area contributed by atoms with Crippen molar-refractivity contribution in [1.29, 1.82) is 0 Å². The number of halogens is 3. The molecule has 0 radical (unpaired) electrons. The molecular formula is C6H5BrF2N2O. The third kappa shape index (κ3) is 1.63. The molecule has 6 heteroatoms. The van der Waals surface area contributed by atoms with E-state index in [4.69, 9.17) is 5.73 Å². The predicted molar refractivity (Wildman–Crippen MR) is 44.1 cm³/mol. The second-order valence-corrected chi connectivity index (χ2v) is 2.97. The first-order valence-electron chi connectivity index (χ1n) is 2.98.